The Bertz CT molecular complexity index is 347. The maximum atomic E-state index is 6.04. The monoisotopic (exact) mass is 257 g/mol. The lowest BCUT2D eigenvalue weighted by Gasteiger charge is -2.14. The second-order valence-electron chi connectivity index (χ2n) is 3.40. The maximum Gasteiger partial charge on any atom is 0.161 e. The summed E-state index contributed by atoms with van der Waals surface area (Å²) in [6.45, 7) is 2.54. The second-order valence-corrected chi connectivity index (χ2v) is 4.30. The third-order valence-corrected chi connectivity index (χ3v) is 3.01. The Morgan fingerprint density at radius 3 is 2.65 bits per heavy atom. The molecule has 0 fully saturated rings. The quantitative estimate of drug-likeness (QED) is 0.760. The van der Waals surface area contributed by atoms with Crippen LogP contribution in [0.1, 0.15) is 18.5 Å². The molecule has 0 aliphatic rings. The molecule has 0 aliphatic carbocycles. The smallest absolute Gasteiger partial charge is 0.161 e. The highest BCUT2D eigenvalue weighted by Gasteiger charge is 2.11. The summed E-state index contributed by atoms with van der Waals surface area (Å²) >= 11 is 1.34. The highest BCUT2D eigenvalue weighted by molar-refractivity contribution is 7.94. The van der Waals surface area contributed by atoms with Gasteiger partial charge in [0.1, 0.15) is 0 Å². The first-order chi connectivity index (χ1) is 8.22. The number of rotatable bonds is 7. The van der Waals surface area contributed by atoms with Crippen LogP contribution >= 0.6 is 12.0 Å². The Morgan fingerprint density at radius 1 is 1.29 bits per heavy atom. The molecular formula is C12H19NO3S. The lowest BCUT2D eigenvalue weighted by Crippen LogP contribution is -2.13. The number of hydrogen-bond donors (Lipinski definition) is 1. The van der Waals surface area contributed by atoms with Gasteiger partial charge in [-0.25, -0.2) is 0 Å². The van der Waals surface area contributed by atoms with Crippen molar-refractivity contribution in [3.05, 3.63) is 23.8 Å². The SMILES string of the molecule is CCOc1cc(C(N)CSOC)ccc1OC. The van der Waals surface area contributed by atoms with Crippen molar-refractivity contribution in [1.29, 1.82) is 0 Å². The molecule has 5 heteroatoms. The summed E-state index contributed by atoms with van der Waals surface area (Å²) in [5.74, 6) is 2.15. The Labute approximate surface area is 107 Å². The fourth-order valence-electron chi connectivity index (χ4n) is 1.43. The van der Waals surface area contributed by atoms with Gasteiger partial charge in [-0.05, 0) is 36.7 Å². The molecule has 0 bridgehead atoms. The van der Waals surface area contributed by atoms with Crippen LogP contribution in [0.15, 0.2) is 18.2 Å². The van der Waals surface area contributed by atoms with Gasteiger partial charge in [0.25, 0.3) is 0 Å². The minimum absolute atomic E-state index is 0.0786. The van der Waals surface area contributed by atoms with E-state index in [-0.39, 0.29) is 6.04 Å². The van der Waals surface area contributed by atoms with Crippen molar-refractivity contribution < 1.29 is 13.7 Å². The van der Waals surface area contributed by atoms with Crippen molar-refractivity contribution >= 4 is 12.0 Å². The molecule has 4 nitrogen and oxygen atoms in total. The van der Waals surface area contributed by atoms with Gasteiger partial charge in [0.2, 0.25) is 0 Å². The van der Waals surface area contributed by atoms with Crippen LogP contribution in [0, 0.1) is 0 Å². The Hall–Kier alpha value is -0.910. The van der Waals surface area contributed by atoms with Gasteiger partial charge in [0.15, 0.2) is 11.5 Å². The lowest BCUT2D eigenvalue weighted by atomic mass is 10.1. The molecule has 0 saturated heterocycles. The fraction of sp³-hybridized carbons (Fsp3) is 0.500. The third-order valence-electron chi connectivity index (χ3n) is 2.28. The van der Waals surface area contributed by atoms with E-state index in [2.05, 4.69) is 0 Å². The zero-order chi connectivity index (χ0) is 12.7. The van der Waals surface area contributed by atoms with E-state index in [0.717, 1.165) is 17.1 Å². The molecule has 0 heterocycles. The molecule has 0 aliphatic heterocycles. The Kier molecular flexibility index (Phi) is 6.18. The van der Waals surface area contributed by atoms with E-state index in [9.17, 15) is 0 Å². The first-order valence-electron chi connectivity index (χ1n) is 5.44. The van der Waals surface area contributed by atoms with Gasteiger partial charge in [-0.2, -0.15) is 0 Å². The number of nitrogens with two attached hydrogens (primary N) is 1. The summed E-state index contributed by atoms with van der Waals surface area (Å²) in [6, 6.07) is 5.66. The van der Waals surface area contributed by atoms with Crippen LogP contribution in [0.3, 0.4) is 0 Å². The Balaban J connectivity index is 2.83. The summed E-state index contributed by atoms with van der Waals surface area (Å²) in [5, 5.41) is 0. The van der Waals surface area contributed by atoms with E-state index in [1.165, 1.54) is 12.0 Å². The van der Waals surface area contributed by atoms with Crippen LogP contribution in [-0.4, -0.2) is 26.6 Å². The standard InChI is InChI=1S/C12H19NO3S/c1-4-16-12-7-9(5-6-11(12)14-2)10(13)8-17-15-3/h5-7,10H,4,8,13H2,1-3H3. The van der Waals surface area contributed by atoms with E-state index < -0.39 is 0 Å². The van der Waals surface area contributed by atoms with Gasteiger partial charge in [-0.15, -0.1) is 0 Å². The molecule has 0 amide bonds. The molecular weight excluding hydrogens is 238 g/mol. The third kappa shape index (κ3) is 4.11. The molecule has 0 saturated carbocycles. The van der Waals surface area contributed by atoms with Crippen molar-refractivity contribution in [2.24, 2.45) is 5.73 Å². The minimum atomic E-state index is -0.0786. The average molecular weight is 257 g/mol. The highest BCUT2D eigenvalue weighted by Crippen LogP contribution is 2.30. The molecule has 1 atom stereocenters. The zero-order valence-electron chi connectivity index (χ0n) is 10.4. The van der Waals surface area contributed by atoms with Crippen LogP contribution in [0.5, 0.6) is 11.5 Å². The summed E-state index contributed by atoms with van der Waals surface area (Å²) in [7, 11) is 3.26. The molecule has 0 spiro atoms. The highest BCUT2D eigenvalue weighted by atomic mass is 32.2. The normalized spacial score (nSPS) is 12.2. The summed E-state index contributed by atoms with van der Waals surface area (Å²) < 4.78 is 15.7. The predicted octanol–water partition coefficient (Wildman–Crippen LogP) is 2.39. The maximum absolute atomic E-state index is 6.04. The first kappa shape index (κ1) is 14.2. The largest absolute Gasteiger partial charge is 0.493 e. The topological polar surface area (TPSA) is 53.7 Å². The van der Waals surface area contributed by atoms with Gasteiger partial charge < -0.3 is 19.4 Å². The van der Waals surface area contributed by atoms with Gasteiger partial charge in [-0.3, -0.25) is 0 Å². The van der Waals surface area contributed by atoms with Crippen molar-refractivity contribution in [2.75, 3.05) is 26.6 Å². The number of benzene rings is 1. The molecule has 17 heavy (non-hydrogen) atoms. The molecule has 0 aromatic heterocycles. The zero-order valence-corrected chi connectivity index (χ0v) is 11.3. The molecule has 1 rings (SSSR count). The van der Waals surface area contributed by atoms with Crippen LogP contribution in [-0.2, 0) is 4.18 Å². The lowest BCUT2D eigenvalue weighted by molar-refractivity contribution is 0.310. The van der Waals surface area contributed by atoms with Crippen LogP contribution in [0.2, 0.25) is 0 Å². The van der Waals surface area contributed by atoms with Crippen molar-refractivity contribution in [1.82, 2.24) is 0 Å². The van der Waals surface area contributed by atoms with E-state index in [1.807, 2.05) is 25.1 Å². The number of ether oxygens (including phenoxy) is 2. The van der Waals surface area contributed by atoms with E-state index in [1.54, 1.807) is 14.2 Å². The van der Waals surface area contributed by atoms with Crippen LogP contribution in [0.25, 0.3) is 0 Å². The second kappa shape index (κ2) is 7.42. The van der Waals surface area contributed by atoms with Crippen molar-refractivity contribution in [2.45, 2.75) is 13.0 Å². The van der Waals surface area contributed by atoms with Crippen LogP contribution < -0.4 is 15.2 Å². The molecule has 1 unspecified atom stereocenters. The Morgan fingerprint density at radius 2 is 2.06 bits per heavy atom. The molecule has 0 radical (unpaired) electrons. The van der Waals surface area contributed by atoms with Gasteiger partial charge in [0.05, 0.1) is 20.8 Å². The summed E-state index contributed by atoms with van der Waals surface area (Å²) in [6.07, 6.45) is 0. The van der Waals surface area contributed by atoms with Crippen molar-refractivity contribution in [3.63, 3.8) is 0 Å². The summed E-state index contributed by atoms with van der Waals surface area (Å²) in [4.78, 5) is 0. The molecule has 96 valence electrons. The van der Waals surface area contributed by atoms with Gasteiger partial charge >= 0.3 is 0 Å². The first-order valence-corrected chi connectivity index (χ1v) is 6.35. The van der Waals surface area contributed by atoms with Gasteiger partial charge in [-0.1, -0.05) is 6.07 Å². The van der Waals surface area contributed by atoms with E-state index in [4.69, 9.17) is 19.4 Å². The van der Waals surface area contributed by atoms with E-state index >= 15 is 0 Å². The van der Waals surface area contributed by atoms with Crippen molar-refractivity contribution in [3.8, 4) is 11.5 Å². The molecule has 2 N–H and O–H groups in total. The fourth-order valence-corrected chi connectivity index (χ4v) is 1.90. The molecule has 1 aromatic carbocycles. The van der Waals surface area contributed by atoms with E-state index in [0.29, 0.717) is 12.4 Å². The molecule has 1 aromatic rings. The van der Waals surface area contributed by atoms with Crippen LogP contribution in [0.4, 0.5) is 0 Å². The van der Waals surface area contributed by atoms with Gasteiger partial charge in [0, 0.05) is 11.8 Å². The summed E-state index contributed by atoms with van der Waals surface area (Å²) in [5.41, 5.74) is 7.05. The number of hydrogen-bond acceptors (Lipinski definition) is 5. The average Bonchev–Trinajstić information content (AvgIpc) is 2.36. The number of methoxy groups -OCH3 is 1. The predicted molar refractivity (Wildman–Crippen MR) is 70.6 cm³/mol. The minimum Gasteiger partial charge on any atom is -0.493 e.